The van der Waals surface area contributed by atoms with Crippen LogP contribution >= 0.6 is 0 Å². The van der Waals surface area contributed by atoms with Crippen LogP contribution in [-0.2, 0) is 6.54 Å². The van der Waals surface area contributed by atoms with Gasteiger partial charge in [0.2, 0.25) is 0 Å². The first-order chi connectivity index (χ1) is 9.85. The van der Waals surface area contributed by atoms with Gasteiger partial charge in [0.15, 0.2) is 0 Å². The smallest absolute Gasteiger partial charge is 0.0958 e. The van der Waals surface area contributed by atoms with Crippen LogP contribution in [0, 0.1) is 0 Å². The van der Waals surface area contributed by atoms with Gasteiger partial charge in [0, 0.05) is 12.6 Å². The van der Waals surface area contributed by atoms with Crippen LogP contribution in [-0.4, -0.2) is 15.6 Å². The van der Waals surface area contributed by atoms with Crippen LogP contribution in [0.5, 0.6) is 0 Å². The Kier molecular flexibility index (Phi) is 6.02. The molecular formula is C16H26N4. The minimum Gasteiger partial charge on any atom is -0.329 e. The highest BCUT2D eigenvalue weighted by Crippen LogP contribution is 2.14. The summed E-state index contributed by atoms with van der Waals surface area (Å²) in [6, 6.07) is 8.54. The van der Waals surface area contributed by atoms with Gasteiger partial charge < -0.3 is 4.57 Å². The predicted molar refractivity (Wildman–Crippen MR) is 84.2 cm³/mol. The first-order valence-corrected chi connectivity index (χ1v) is 7.71. The molecule has 1 unspecified atom stereocenters. The van der Waals surface area contributed by atoms with E-state index in [-0.39, 0.29) is 0 Å². The highest BCUT2D eigenvalue weighted by Gasteiger charge is 2.09. The molecule has 0 fully saturated rings. The number of aromatic nitrogens is 2. The second-order valence-corrected chi connectivity index (χ2v) is 5.45. The lowest BCUT2D eigenvalue weighted by atomic mass is 10.1. The van der Waals surface area contributed by atoms with Crippen LogP contribution in [0.3, 0.4) is 0 Å². The van der Waals surface area contributed by atoms with Crippen molar-refractivity contribution >= 4 is 11.0 Å². The third-order valence-electron chi connectivity index (χ3n) is 3.84. The number of para-hydroxylation sites is 2. The molecule has 0 radical (unpaired) electrons. The van der Waals surface area contributed by atoms with Crippen molar-refractivity contribution in [3.8, 4) is 0 Å². The van der Waals surface area contributed by atoms with Crippen molar-refractivity contribution in [3.63, 3.8) is 0 Å². The zero-order chi connectivity index (χ0) is 14.2. The van der Waals surface area contributed by atoms with Crippen molar-refractivity contribution in [2.45, 2.75) is 58.0 Å². The van der Waals surface area contributed by atoms with Crippen molar-refractivity contribution in [2.75, 3.05) is 0 Å². The molecule has 0 amide bonds. The number of hydrogen-bond donors (Lipinski definition) is 2. The highest BCUT2D eigenvalue weighted by molar-refractivity contribution is 5.74. The number of nitrogens with one attached hydrogen (secondary N) is 1. The molecule has 0 spiro atoms. The molecule has 1 heterocycles. The molecule has 2 rings (SSSR count). The van der Waals surface area contributed by atoms with E-state index in [0.29, 0.717) is 6.04 Å². The summed E-state index contributed by atoms with van der Waals surface area (Å²) in [6.45, 7) is 3.12. The van der Waals surface area contributed by atoms with E-state index >= 15 is 0 Å². The zero-order valence-electron chi connectivity index (χ0n) is 12.4. The molecule has 110 valence electrons. The Labute approximate surface area is 121 Å². The lowest BCUT2D eigenvalue weighted by molar-refractivity contribution is 0.417. The van der Waals surface area contributed by atoms with E-state index in [2.05, 4.69) is 34.0 Å². The molecule has 4 heteroatoms. The van der Waals surface area contributed by atoms with Gasteiger partial charge in [0.25, 0.3) is 0 Å². The summed E-state index contributed by atoms with van der Waals surface area (Å²) in [6.07, 6.45) is 9.53. The normalized spacial score (nSPS) is 12.9. The number of hydrogen-bond acceptors (Lipinski definition) is 3. The van der Waals surface area contributed by atoms with Crippen LogP contribution in [0.25, 0.3) is 11.0 Å². The molecule has 2 aromatic rings. The van der Waals surface area contributed by atoms with E-state index in [1.807, 2.05) is 18.5 Å². The molecule has 1 atom stereocenters. The number of nitrogens with two attached hydrogens (primary N) is 1. The van der Waals surface area contributed by atoms with Gasteiger partial charge in [-0.05, 0) is 18.6 Å². The Bertz CT molecular complexity index is 506. The quantitative estimate of drug-likeness (QED) is 0.419. The van der Waals surface area contributed by atoms with Crippen LogP contribution < -0.4 is 11.3 Å². The summed E-state index contributed by atoms with van der Waals surface area (Å²) >= 11 is 0. The maximum Gasteiger partial charge on any atom is 0.0958 e. The van der Waals surface area contributed by atoms with Crippen molar-refractivity contribution in [1.82, 2.24) is 15.0 Å². The number of fused-ring (bicyclic) bond motifs is 1. The fourth-order valence-corrected chi connectivity index (χ4v) is 2.61. The molecule has 20 heavy (non-hydrogen) atoms. The zero-order valence-corrected chi connectivity index (χ0v) is 12.4. The topological polar surface area (TPSA) is 55.9 Å². The second kappa shape index (κ2) is 8.02. The van der Waals surface area contributed by atoms with Crippen LogP contribution in [0.15, 0.2) is 30.6 Å². The molecule has 0 saturated carbocycles. The minimum atomic E-state index is 0.314. The van der Waals surface area contributed by atoms with Gasteiger partial charge in [-0.3, -0.25) is 11.3 Å². The van der Waals surface area contributed by atoms with Gasteiger partial charge in [-0.1, -0.05) is 51.2 Å². The highest BCUT2D eigenvalue weighted by atomic mass is 15.2. The predicted octanol–water partition coefficient (Wildman–Crippen LogP) is 3.23. The van der Waals surface area contributed by atoms with Gasteiger partial charge in [-0.2, -0.15) is 0 Å². The SMILES string of the molecule is CCCCCCCC(Cn1cnc2ccccc21)NN. The van der Waals surface area contributed by atoms with E-state index in [1.165, 1.54) is 37.6 Å². The van der Waals surface area contributed by atoms with Crippen molar-refractivity contribution in [1.29, 1.82) is 0 Å². The van der Waals surface area contributed by atoms with Gasteiger partial charge >= 0.3 is 0 Å². The Morgan fingerprint density at radius 2 is 2.00 bits per heavy atom. The molecule has 0 saturated heterocycles. The van der Waals surface area contributed by atoms with Gasteiger partial charge in [-0.15, -0.1) is 0 Å². The van der Waals surface area contributed by atoms with Gasteiger partial charge in [0.05, 0.1) is 17.4 Å². The van der Waals surface area contributed by atoms with Crippen LogP contribution in [0.1, 0.15) is 45.4 Å². The first-order valence-electron chi connectivity index (χ1n) is 7.71. The molecule has 1 aromatic heterocycles. The van der Waals surface area contributed by atoms with Gasteiger partial charge in [-0.25, -0.2) is 4.98 Å². The molecule has 0 aliphatic rings. The third-order valence-corrected chi connectivity index (χ3v) is 3.84. The third kappa shape index (κ3) is 4.05. The van der Waals surface area contributed by atoms with E-state index < -0.39 is 0 Å². The largest absolute Gasteiger partial charge is 0.329 e. The molecule has 4 nitrogen and oxygen atoms in total. The summed E-state index contributed by atoms with van der Waals surface area (Å²) in [7, 11) is 0. The van der Waals surface area contributed by atoms with Crippen LogP contribution in [0.2, 0.25) is 0 Å². The van der Waals surface area contributed by atoms with E-state index in [4.69, 9.17) is 5.84 Å². The lowest BCUT2D eigenvalue weighted by Gasteiger charge is -2.17. The van der Waals surface area contributed by atoms with Crippen molar-refractivity contribution in [3.05, 3.63) is 30.6 Å². The Hall–Kier alpha value is -1.39. The molecule has 0 aliphatic carbocycles. The number of hydrazine groups is 1. The van der Waals surface area contributed by atoms with E-state index in [1.54, 1.807) is 0 Å². The summed E-state index contributed by atoms with van der Waals surface area (Å²) in [5, 5.41) is 0. The molecular weight excluding hydrogens is 248 g/mol. The van der Waals surface area contributed by atoms with E-state index in [9.17, 15) is 0 Å². The van der Waals surface area contributed by atoms with Crippen molar-refractivity contribution < 1.29 is 0 Å². The Balaban J connectivity index is 1.86. The lowest BCUT2D eigenvalue weighted by Crippen LogP contribution is -2.38. The number of nitrogens with zero attached hydrogens (tertiary/aromatic N) is 2. The number of benzene rings is 1. The Morgan fingerprint density at radius 3 is 2.80 bits per heavy atom. The second-order valence-electron chi connectivity index (χ2n) is 5.45. The molecule has 1 aromatic carbocycles. The molecule has 3 N–H and O–H groups in total. The minimum absolute atomic E-state index is 0.314. The maximum absolute atomic E-state index is 5.69. The summed E-state index contributed by atoms with van der Waals surface area (Å²) in [4.78, 5) is 4.42. The first kappa shape index (κ1) is 15.0. The van der Waals surface area contributed by atoms with Gasteiger partial charge in [0.1, 0.15) is 0 Å². The summed E-state index contributed by atoms with van der Waals surface area (Å²) in [5.74, 6) is 5.69. The molecule has 0 aliphatic heterocycles. The number of rotatable bonds is 9. The fourth-order valence-electron chi connectivity index (χ4n) is 2.61. The van der Waals surface area contributed by atoms with Crippen molar-refractivity contribution in [2.24, 2.45) is 5.84 Å². The van der Waals surface area contributed by atoms with Crippen LogP contribution in [0.4, 0.5) is 0 Å². The fraction of sp³-hybridized carbons (Fsp3) is 0.562. The number of unbranched alkanes of at least 4 members (excludes halogenated alkanes) is 4. The van der Waals surface area contributed by atoms with E-state index in [0.717, 1.165) is 18.5 Å². The monoisotopic (exact) mass is 274 g/mol. The number of imidazole rings is 1. The molecule has 0 bridgehead atoms. The average Bonchev–Trinajstić information content (AvgIpc) is 2.89. The average molecular weight is 274 g/mol. The maximum atomic E-state index is 5.69. The summed E-state index contributed by atoms with van der Waals surface area (Å²) in [5.41, 5.74) is 5.17. The Morgan fingerprint density at radius 1 is 1.20 bits per heavy atom. The standard InChI is InChI=1S/C16H26N4/c1-2-3-4-5-6-9-14(19-17)12-20-13-18-15-10-7-8-11-16(15)20/h7-8,10-11,13-14,19H,2-6,9,12,17H2,1H3. The summed E-state index contributed by atoms with van der Waals surface area (Å²) < 4.78 is 2.19.